The summed E-state index contributed by atoms with van der Waals surface area (Å²) in [5.74, 6) is 1.11. The molecule has 2 N–H and O–H groups in total. The topological polar surface area (TPSA) is 61.8 Å². The van der Waals surface area contributed by atoms with Crippen molar-refractivity contribution in [2.75, 3.05) is 26.8 Å². The molecule has 2 fully saturated rings. The minimum atomic E-state index is -0.105. The Labute approximate surface area is 147 Å². The second-order valence-electron chi connectivity index (χ2n) is 6.63. The molecule has 3 atom stereocenters. The van der Waals surface area contributed by atoms with Gasteiger partial charge in [-0.2, -0.15) is 0 Å². The summed E-state index contributed by atoms with van der Waals surface area (Å²) in [5.41, 5.74) is 3.45. The number of hydrogen-bond donors (Lipinski definition) is 2. The van der Waals surface area contributed by atoms with Crippen LogP contribution in [0.2, 0.25) is 0 Å². The van der Waals surface area contributed by atoms with Crippen molar-refractivity contribution >= 4 is 5.91 Å². The molecule has 0 radical (unpaired) electrons. The van der Waals surface area contributed by atoms with Crippen LogP contribution in [0.25, 0.3) is 11.1 Å². The number of aliphatic hydroxyl groups is 1. The number of fused-ring (bicyclic) bond motifs is 1. The highest BCUT2D eigenvalue weighted by atomic mass is 16.5. The van der Waals surface area contributed by atoms with Crippen LogP contribution in [-0.2, 0) is 4.79 Å². The summed E-state index contributed by atoms with van der Waals surface area (Å²) in [4.78, 5) is 13.9. The van der Waals surface area contributed by atoms with Gasteiger partial charge in [-0.1, -0.05) is 36.4 Å². The molecular formula is C20H22N2O3. The first kappa shape index (κ1) is 16.1. The number of nitrogens with one attached hydrogen (secondary N) is 1. The Balaban J connectivity index is 1.56. The maximum absolute atomic E-state index is 12.0. The van der Waals surface area contributed by atoms with Crippen LogP contribution in [0, 0.1) is 0 Å². The smallest absolute Gasteiger partial charge is 0.237 e. The average Bonchev–Trinajstić information content (AvgIpc) is 2.64. The van der Waals surface area contributed by atoms with Crippen molar-refractivity contribution in [1.29, 1.82) is 0 Å². The van der Waals surface area contributed by atoms with E-state index in [1.165, 1.54) is 5.56 Å². The van der Waals surface area contributed by atoms with Crippen LogP contribution >= 0.6 is 0 Å². The summed E-state index contributed by atoms with van der Waals surface area (Å²) in [6.07, 6.45) is 0. The van der Waals surface area contributed by atoms with E-state index in [2.05, 4.69) is 29.6 Å². The van der Waals surface area contributed by atoms with Gasteiger partial charge in [0.05, 0.1) is 32.3 Å². The number of methoxy groups -OCH3 is 1. The average molecular weight is 338 g/mol. The number of nitrogens with zero attached hydrogens (tertiary/aromatic N) is 1. The number of carbonyl (C=O) groups excluding carboxylic acids is 1. The van der Waals surface area contributed by atoms with Gasteiger partial charge in [-0.25, -0.2) is 0 Å². The first-order valence-corrected chi connectivity index (χ1v) is 8.60. The van der Waals surface area contributed by atoms with Gasteiger partial charge >= 0.3 is 0 Å². The summed E-state index contributed by atoms with van der Waals surface area (Å²) in [6.45, 7) is 1.16. The molecule has 0 aliphatic carbocycles. The van der Waals surface area contributed by atoms with Crippen molar-refractivity contribution in [2.45, 2.75) is 18.0 Å². The van der Waals surface area contributed by atoms with E-state index in [4.69, 9.17) is 4.74 Å². The quantitative estimate of drug-likeness (QED) is 0.889. The van der Waals surface area contributed by atoms with Crippen molar-refractivity contribution in [1.82, 2.24) is 10.2 Å². The Morgan fingerprint density at radius 3 is 2.36 bits per heavy atom. The SMILES string of the molecule is COc1ccc(-c2ccc([C@@H]3[C@H]4CNCC(=O)N4[C@H]3CO)cc2)cc1. The largest absolute Gasteiger partial charge is 0.497 e. The zero-order valence-electron chi connectivity index (χ0n) is 14.2. The minimum Gasteiger partial charge on any atom is -0.497 e. The molecule has 0 bridgehead atoms. The number of amides is 1. The molecule has 0 unspecified atom stereocenters. The molecule has 2 aromatic carbocycles. The van der Waals surface area contributed by atoms with Crippen LogP contribution in [0.4, 0.5) is 0 Å². The molecule has 5 nitrogen and oxygen atoms in total. The summed E-state index contributed by atoms with van der Waals surface area (Å²) in [5, 5.41) is 12.9. The van der Waals surface area contributed by atoms with Crippen LogP contribution in [0.5, 0.6) is 5.75 Å². The van der Waals surface area contributed by atoms with Crippen molar-refractivity contribution < 1.29 is 14.6 Å². The van der Waals surface area contributed by atoms with E-state index in [0.29, 0.717) is 6.54 Å². The molecule has 2 aliphatic heterocycles. The monoisotopic (exact) mass is 338 g/mol. The van der Waals surface area contributed by atoms with E-state index in [1.807, 2.05) is 29.2 Å². The molecular weight excluding hydrogens is 316 g/mol. The van der Waals surface area contributed by atoms with E-state index >= 15 is 0 Å². The standard InChI is InChI=1S/C20H22N2O3/c1-25-16-8-6-14(7-9-16)13-2-4-15(5-3-13)20-17-10-21-11-19(24)22(17)18(20)12-23/h2-9,17-18,20-21,23H,10-12H2,1H3/t17-,18+,20-/m1/s1. The van der Waals surface area contributed by atoms with Crippen LogP contribution in [0.3, 0.4) is 0 Å². The van der Waals surface area contributed by atoms with Gasteiger partial charge in [-0.05, 0) is 28.8 Å². The number of aliphatic hydroxyl groups excluding tert-OH is 1. The molecule has 2 heterocycles. The molecule has 25 heavy (non-hydrogen) atoms. The van der Waals surface area contributed by atoms with Crippen molar-refractivity contribution in [3.8, 4) is 16.9 Å². The highest BCUT2D eigenvalue weighted by molar-refractivity contribution is 5.81. The zero-order valence-corrected chi connectivity index (χ0v) is 14.2. The van der Waals surface area contributed by atoms with Crippen LogP contribution in [0.15, 0.2) is 48.5 Å². The van der Waals surface area contributed by atoms with Gasteiger partial charge in [0.15, 0.2) is 0 Å². The van der Waals surface area contributed by atoms with Crippen LogP contribution in [-0.4, -0.2) is 54.8 Å². The number of carbonyl (C=O) groups is 1. The van der Waals surface area contributed by atoms with E-state index < -0.39 is 0 Å². The number of hydrogen-bond acceptors (Lipinski definition) is 4. The van der Waals surface area contributed by atoms with Crippen molar-refractivity contribution in [2.24, 2.45) is 0 Å². The number of rotatable bonds is 4. The summed E-state index contributed by atoms with van der Waals surface area (Å²) < 4.78 is 5.20. The highest BCUT2D eigenvalue weighted by Gasteiger charge is 2.52. The molecule has 4 rings (SSSR count). The Bertz CT molecular complexity index is 752. The summed E-state index contributed by atoms with van der Waals surface area (Å²) >= 11 is 0. The number of ether oxygens (including phenoxy) is 1. The van der Waals surface area contributed by atoms with E-state index in [-0.39, 0.29) is 30.5 Å². The van der Waals surface area contributed by atoms with Crippen molar-refractivity contribution in [3.63, 3.8) is 0 Å². The molecule has 5 heteroatoms. The first-order chi connectivity index (χ1) is 12.2. The lowest BCUT2D eigenvalue weighted by atomic mass is 9.74. The summed E-state index contributed by atoms with van der Waals surface area (Å²) in [6, 6.07) is 16.5. The Morgan fingerprint density at radius 1 is 1.12 bits per heavy atom. The normalized spacial score (nSPS) is 25.3. The first-order valence-electron chi connectivity index (χ1n) is 8.60. The fourth-order valence-electron chi connectivity index (χ4n) is 4.09. The Kier molecular flexibility index (Phi) is 4.19. The lowest BCUT2D eigenvalue weighted by Crippen LogP contribution is -2.72. The van der Waals surface area contributed by atoms with Crippen LogP contribution in [0.1, 0.15) is 11.5 Å². The maximum Gasteiger partial charge on any atom is 0.237 e. The minimum absolute atomic E-state index is 0.00708. The van der Waals surface area contributed by atoms with Gasteiger partial charge in [-0.15, -0.1) is 0 Å². The van der Waals surface area contributed by atoms with E-state index in [0.717, 1.165) is 23.4 Å². The second-order valence-corrected chi connectivity index (χ2v) is 6.63. The highest BCUT2D eigenvalue weighted by Crippen LogP contribution is 2.41. The van der Waals surface area contributed by atoms with Gasteiger partial charge in [0.1, 0.15) is 5.75 Å². The van der Waals surface area contributed by atoms with Gasteiger partial charge in [0.25, 0.3) is 0 Å². The molecule has 0 spiro atoms. The predicted molar refractivity (Wildman–Crippen MR) is 95.5 cm³/mol. The third-order valence-electron chi connectivity index (χ3n) is 5.37. The lowest BCUT2D eigenvalue weighted by Gasteiger charge is -2.57. The third-order valence-corrected chi connectivity index (χ3v) is 5.37. The van der Waals surface area contributed by atoms with E-state index in [9.17, 15) is 9.90 Å². The Hall–Kier alpha value is -2.37. The number of benzene rings is 2. The van der Waals surface area contributed by atoms with Gasteiger partial charge in [0, 0.05) is 12.5 Å². The molecule has 2 aliphatic rings. The summed E-state index contributed by atoms with van der Waals surface area (Å²) in [7, 11) is 1.66. The van der Waals surface area contributed by atoms with Gasteiger partial charge in [-0.3, -0.25) is 4.79 Å². The zero-order chi connectivity index (χ0) is 17.4. The molecule has 2 aromatic rings. The van der Waals surface area contributed by atoms with Gasteiger partial charge < -0.3 is 20.1 Å². The third kappa shape index (κ3) is 2.69. The second kappa shape index (κ2) is 6.50. The van der Waals surface area contributed by atoms with E-state index in [1.54, 1.807) is 7.11 Å². The fourth-order valence-corrected chi connectivity index (χ4v) is 4.09. The fraction of sp³-hybridized carbons (Fsp3) is 0.350. The molecule has 130 valence electrons. The maximum atomic E-state index is 12.0. The molecule has 0 saturated carbocycles. The molecule has 2 saturated heterocycles. The van der Waals surface area contributed by atoms with Crippen molar-refractivity contribution in [3.05, 3.63) is 54.1 Å². The predicted octanol–water partition coefficient (Wildman–Crippen LogP) is 1.62. The lowest BCUT2D eigenvalue weighted by molar-refractivity contribution is -0.153. The molecule has 0 aromatic heterocycles. The Morgan fingerprint density at radius 2 is 1.76 bits per heavy atom. The van der Waals surface area contributed by atoms with Gasteiger partial charge in [0.2, 0.25) is 5.91 Å². The molecule has 1 amide bonds. The number of piperazine rings is 1. The van der Waals surface area contributed by atoms with Crippen LogP contribution < -0.4 is 10.1 Å².